The fraction of sp³-hybridized carbons (Fsp3) is 0.273. The third-order valence-corrected chi connectivity index (χ3v) is 6.76. The number of anilines is 3. The Hall–Kier alpha value is -3.39. The van der Waals surface area contributed by atoms with E-state index < -0.39 is 18.1 Å². The van der Waals surface area contributed by atoms with E-state index in [4.69, 9.17) is 0 Å². The van der Waals surface area contributed by atoms with E-state index >= 15 is 0 Å². The second-order valence-corrected chi connectivity index (χ2v) is 10.1. The first-order chi connectivity index (χ1) is 17.1. The molecule has 1 aliphatic rings. The van der Waals surface area contributed by atoms with Crippen molar-refractivity contribution < 1.29 is 27.5 Å². The zero-order valence-electron chi connectivity index (χ0n) is 18.8. The summed E-state index contributed by atoms with van der Waals surface area (Å²) < 4.78 is 41.0. The van der Waals surface area contributed by atoms with Crippen LogP contribution >= 0.6 is 27.3 Å². The van der Waals surface area contributed by atoms with Crippen LogP contribution in [0.3, 0.4) is 0 Å². The van der Waals surface area contributed by atoms with Crippen LogP contribution in [0.1, 0.15) is 16.1 Å². The van der Waals surface area contributed by atoms with E-state index in [1.807, 2.05) is 19.1 Å². The van der Waals surface area contributed by atoms with E-state index in [9.17, 15) is 22.8 Å². The number of alkyl halides is 3. The predicted octanol–water partition coefficient (Wildman–Crippen LogP) is 5.11. The number of aryl methyl sites for hydroxylation is 1. The van der Waals surface area contributed by atoms with Gasteiger partial charge < -0.3 is 19.9 Å². The number of pyridine rings is 1. The van der Waals surface area contributed by atoms with Crippen LogP contribution in [0.15, 0.2) is 46.4 Å². The molecule has 3 aromatic rings. The molecule has 0 spiro atoms. The van der Waals surface area contributed by atoms with E-state index in [1.54, 1.807) is 11.1 Å². The molecule has 0 unspecified atom stereocenters. The molecule has 36 heavy (non-hydrogen) atoms. The molecule has 3 amide bonds. The Morgan fingerprint density at radius 3 is 2.36 bits per heavy atom. The third kappa shape index (κ3) is 6.63. The van der Waals surface area contributed by atoms with Crippen molar-refractivity contribution in [3.05, 3.63) is 57.6 Å². The molecular formula is C22H20BrF3N6O3S. The number of rotatable bonds is 5. The molecule has 9 nitrogen and oxygen atoms in total. The first-order valence-electron chi connectivity index (χ1n) is 10.6. The number of thiazole rings is 1. The average molecular weight is 585 g/mol. The van der Waals surface area contributed by atoms with Crippen molar-refractivity contribution in [1.82, 2.24) is 14.9 Å². The van der Waals surface area contributed by atoms with E-state index in [-0.39, 0.29) is 22.4 Å². The van der Waals surface area contributed by atoms with Crippen LogP contribution in [-0.4, -0.2) is 59.3 Å². The predicted molar refractivity (Wildman–Crippen MR) is 133 cm³/mol. The quantitative estimate of drug-likeness (QED) is 0.432. The number of aromatic nitrogens is 2. The Morgan fingerprint density at radius 2 is 1.75 bits per heavy atom. The summed E-state index contributed by atoms with van der Waals surface area (Å²) in [4.78, 5) is 37.8. The second-order valence-electron chi connectivity index (χ2n) is 7.77. The summed E-state index contributed by atoms with van der Waals surface area (Å²) >= 11 is 4.41. The summed E-state index contributed by atoms with van der Waals surface area (Å²) in [6.07, 6.45) is -2.99. The fourth-order valence-electron chi connectivity index (χ4n) is 3.42. The minimum absolute atomic E-state index is 0.183. The number of ether oxygens (including phenoxy) is 1. The molecule has 0 atom stereocenters. The summed E-state index contributed by atoms with van der Waals surface area (Å²) in [5.41, 5.74) is 1.51. The van der Waals surface area contributed by atoms with Crippen LogP contribution in [0, 0.1) is 6.92 Å². The van der Waals surface area contributed by atoms with Gasteiger partial charge in [-0.2, -0.15) is 0 Å². The number of hydrogen-bond acceptors (Lipinski definition) is 7. The largest absolute Gasteiger partial charge is 0.573 e. The molecule has 0 radical (unpaired) electrons. The highest BCUT2D eigenvalue weighted by molar-refractivity contribution is 9.11. The van der Waals surface area contributed by atoms with Gasteiger partial charge in [0, 0.05) is 38.1 Å². The highest BCUT2D eigenvalue weighted by Crippen LogP contribution is 2.30. The molecule has 2 aromatic heterocycles. The molecule has 1 fully saturated rings. The molecule has 190 valence electrons. The van der Waals surface area contributed by atoms with Gasteiger partial charge in [-0.05, 0) is 58.7 Å². The Morgan fingerprint density at radius 1 is 1.06 bits per heavy atom. The number of carbonyl (C=O) groups is 2. The number of piperazine rings is 1. The van der Waals surface area contributed by atoms with Gasteiger partial charge in [0.2, 0.25) is 0 Å². The monoisotopic (exact) mass is 584 g/mol. The second kappa shape index (κ2) is 10.7. The number of benzene rings is 1. The van der Waals surface area contributed by atoms with Crippen molar-refractivity contribution in [2.24, 2.45) is 0 Å². The Labute approximate surface area is 216 Å². The molecule has 4 rings (SSSR count). The average Bonchev–Trinajstić information content (AvgIpc) is 3.19. The van der Waals surface area contributed by atoms with Crippen molar-refractivity contribution in [3.63, 3.8) is 0 Å². The van der Waals surface area contributed by atoms with Crippen LogP contribution in [-0.2, 0) is 0 Å². The summed E-state index contributed by atoms with van der Waals surface area (Å²) in [7, 11) is 0. The molecule has 1 saturated heterocycles. The summed E-state index contributed by atoms with van der Waals surface area (Å²) in [6, 6.07) is 7.96. The Bertz CT molecular complexity index is 1230. The lowest BCUT2D eigenvalue weighted by atomic mass is 10.2. The lowest BCUT2D eigenvalue weighted by Gasteiger charge is -2.35. The number of halogens is 4. The third-order valence-electron chi connectivity index (χ3n) is 5.14. The van der Waals surface area contributed by atoms with Gasteiger partial charge in [-0.25, -0.2) is 14.8 Å². The van der Waals surface area contributed by atoms with Crippen molar-refractivity contribution in [2.75, 3.05) is 41.7 Å². The van der Waals surface area contributed by atoms with Gasteiger partial charge >= 0.3 is 12.4 Å². The van der Waals surface area contributed by atoms with Crippen LogP contribution in [0.5, 0.6) is 5.75 Å². The number of nitrogens with zero attached hydrogens (tertiary/aromatic N) is 4. The first kappa shape index (κ1) is 25.7. The van der Waals surface area contributed by atoms with Crippen LogP contribution in [0.25, 0.3) is 0 Å². The van der Waals surface area contributed by atoms with E-state index in [0.29, 0.717) is 30.0 Å². The highest BCUT2D eigenvalue weighted by atomic mass is 79.9. The van der Waals surface area contributed by atoms with Gasteiger partial charge in [0.1, 0.15) is 15.4 Å². The Kier molecular flexibility index (Phi) is 7.64. The van der Waals surface area contributed by atoms with Crippen molar-refractivity contribution in [3.8, 4) is 5.75 Å². The van der Waals surface area contributed by atoms with Crippen LogP contribution in [0.2, 0.25) is 0 Å². The van der Waals surface area contributed by atoms with Gasteiger partial charge in [0.25, 0.3) is 5.91 Å². The fourth-order valence-corrected chi connectivity index (χ4v) is 4.82. The maximum atomic E-state index is 13.0. The number of hydrogen-bond donors (Lipinski definition) is 2. The first-order valence-corrected chi connectivity index (χ1v) is 12.3. The zero-order valence-corrected chi connectivity index (χ0v) is 21.2. The zero-order chi connectivity index (χ0) is 25.9. The minimum atomic E-state index is -4.80. The molecule has 0 saturated carbocycles. The lowest BCUT2D eigenvalue weighted by molar-refractivity contribution is -0.274. The molecule has 0 aliphatic carbocycles. The topological polar surface area (TPSA) is 99.7 Å². The Balaban J connectivity index is 1.31. The molecule has 0 bridgehead atoms. The summed E-state index contributed by atoms with van der Waals surface area (Å²) in [6.45, 7) is 4.22. The smallest absolute Gasteiger partial charge is 0.406 e. The maximum absolute atomic E-state index is 13.0. The molecule has 1 aromatic carbocycles. The SMILES string of the molecule is Cc1ccc(N2CCN(C(=O)c3nc(NC(=O)Nc4ccc(OC(F)(F)F)cc4)sc3Br)CC2)nc1. The number of amides is 3. The number of carbonyl (C=O) groups excluding carboxylic acids is 2. The summed E-state index contributed by atoms with van der Waals surface area (Å²) in [5.74, 6) is 0.197. The molecule has 14 heteroatoms. The van der Waals surface area contributed by atoms with Crippen molar-refractivity contribution in [2.45, 2.75) is 13.3 Å². The van der Waals surface area contributed by atoms with Crippen LogP contribution in [0.4, 0.5) is 34.6 Å². The van der Waals surface area contributed by atoms with E-state index in [2.05, 4.69) is 46.2 Å². The van der Waals surface area contributed by atoms with E-state index in [0.717, 1.165) is 34.9 Å². The normalized spacial score (nSPS) is 13.9. The molecule has 3 heterocycles. The maximum Gasteiger partial charge on any atom is 0.573 e. The van der Waals surface area contributed by atoms with Gasteiger partial charge in [-0.1, -0.05) is 17.4 Å². The number of nitrogens with one attached hydrogen (secondary N) is 2. The molecular weight excluding hydrogens is 565 g/mol. The highest BCUT2D eigenvalue weighted by Gasteiger charge is 2.31. The van der Waals surface area contributed by atoms with Gasteiger partial charge in [-0.15, -0.1) is 13.2 Å². The van der Waals surface area contributed by atoms with E-state index in [1.165, 1.54) is 12.1 Å². The molecule has 2 N–H and O–H groups in total. The summed E-state index contributed by atoms with van der Waals surface area (Å²) in [5, 5.41) is 5.19. The van der Waals surface area contributed by atoms with Gasteiger partial charge in [0.15, 0.2) is 10.8 Å². The lowest BCUT2D eigenvalue weighted by Crippen LogP contribution is -2.49. The van der Waals surface area contributed by atoms with Crippen LogP contribution < -0.4 is 20.3 Å². The van der Waals surface area contributed by atoms with Gasteiger partial charge in [-0.3, -0.25) is 10.1 Å². The van der Waals surface area contributed by atoms with Gasteiger partial charge in [0.05, 0.1) is 0 Å². The minimum Gasteiger partial charge on any atom is -0.406 e. The van der Waals surface area contributed by atoms with Crippen molar-refractivity contribution in [1.29, 1.82) is 0 Å². The number of urea groups is 1. The molecule has 1 aliphatic heterocycles. The standard InChI is InChI=1S/C22H20BrF3N6O3S/c1-13-2-7-16(27-12-13)31-8-10-32(11-9-31)19(33)17-18(23)36-21(29-17)30-20(34)28-14-3-5-15(6-4-14)35-22(24,25)26/h2-7,12H,8-11H2,1H3,(H2,28,29,30,34). The van der Waals surface area contributed by atoms with Crippen molar-refractivity contribution >= 4 is 55.8 Å².